The number of methoxy groups -OCH3 is 1. The lowest BCUT2D eigenvalue weighted by Crippen LogP contribution is -2.47. The Kier molecular flexibility index (Phi) is 5.35. The molecule has 2 saturated heterocycles. The molecule has 2 aliphatic rings. The zero-order valence-corrected chi connectivity index (χ0v) is 16.6. The van der Waals surface area contributed by atoms with Gasteiger partial charge < -0.3 is 19.6 Å². The van der Waals surface area contributed by atoms with E-state index in [-0.39, 0.29) is 24.5 Å². The molecule has 0 spiro atoms. The molecular weight excluding hydrogens is 356 g/mol. The zero-order chi connectivity index (χ0) is 19.7. The quantitative estimate of drug-likeness (QED) is 0.870. The highest BCUT2D eigenvalue weighted by Crippen LogP contribution is 2.28. The largest absolute Gasteiger partial charge is 0.497 e. The van der Waals surface area contributed by atoms with Gasteiger partial charge in [-0.1, -0.05) is 0 Å². The fourth-order valence-corrected chi connectivity index (χ4v) is 4.43. The third-order valence-corrected chi connectivity index (χ3v) is 6.01. The molecule has 7 heteroatoms. The van der Waals surface area contributed by atoms with Crippen molar-refractivity contribution in [3.05, 3.63) is 23.9 Å². The number of benzene rings is 1. The maximum absolute atomic E-state index is 13.0. The van der Waals surface area contributed by atoms with Gasteiger partial charge in [-0.2, -0.15) is 0 Å². The van der Waals surface area contributed by atoms with Crippen LogP contribution in [0.4, 0.5) is 5.95 Å². The Hall–Kier alpha value is -2.41. The van der Waals surface area contributed by atoms with Crippen LogP contribution < -0.4 is 9.64 Å². The van der Waals surface area contributed by atoms with E-state index in [1.807, 2.05) is 30.0 Å². The number of hydrogen-bond acceptors (Lipinski definition) is 6. The SMILES string of the molecule is COc1ccc2c(C)nc(N3CCCC(C(=O)N4CCC[C@H]4CO)C3)nc2c1. The molecular formula is C21H28N4O3. The lowest BCUT2D eigenvalue weighted by Gasteiger charge is -2.35. The van der Waals surface area contributed by atoms with Crippen LogP contribution >= 0.6 is 0 Å². The number of fused-ring (bicyclic) bond motifs is 1. The molecule has 0 aliphatic carbocycles. The van der Waals surface area contributed by atoms with Gasteiger partial charge in [-0.25, -0.2) is 9.97 Å². The van der Waals surface area contributed by atoms with Crippen LogP contribution in [0.15, 0.2) is 18.2 Å². The molecule has 1 amide bonds. The smallest absolute Gasteiger partial charge is 0.227 e. The molecule has 3 heterocycles. The number of rotatable bonds is 4. The van der Waals surface area contributed by atoms with Crippen LogP contribution in [-0.2, 0) is 4.79 Å². The van der Waals surface area contributed by atoms with Crippen LogP contribution in [0.2, 0.25) is 0 Å². The molecule has 7 nitrogen and oxygen atoms in total. The van der Waals surface area contributed by atoms with Gasteiger partial charge in [0.2, 0.25) is 11.9 Å². The Morgan fingerprint density at radius 2 is 2.07 bits per heavy atom. The molecule has 2 fully saturated rings. The molecule has 2 aromatic rings. The van der Waals surface area contributed by atoms with Crippen molar-refractivity contribution < 1.29 is 14.6 Å². The number of aromatic nitrogens is 2. The third kappa shape index (κ3) is 3.51. The first kappa shape index (κ1) is 18.9. The average molecular weight is 384 g/mol. The molecule has 1 aromatic carbocycles. The van der Waals surface area contributed by atoms with Crippen molar-refractivity contribution in [3.63, 3.8) is 0 Å². The minimum Gasteiger partial charge on any atom is -0.497 e. The fraction of sp³-hybridized carbons (Fsp3) is 0.571. The van der Waals surface area contributed by atoms with Crippen LogP contribution in [0.25, 0.3) is 10.9 Å². The molecule has 1 unspecified atom stereocenters. The Balaban J connectivity index is 1.56. The molecule has 0 bridgehead atoms. The molecule has 150 valence electrons. The minimum atomic E-state index is -0.0641. The van der Waals surface area contributed by atoms with Crippen LogP contribution in [-0.4, -0.2) is 65.3 Å². The first-order valence-corrected chi connectivity index (χ1v) is 10.1. The summed E-state index contributed by atoms with van der Waals surface area (Å²) in [6, 6.07) is 5.81. The number of anilines is 1. The van der Waals surface area contributed by atoms with E-state index in [1.165, 1.54) is 0 Å². The number of aliphatic hydroxyl groups is 1. The summed E-state index contributed by atoms with van der Waals surface area (Å²) in [5, 5.41) is 10.6. The van der Waals surface area contributed by atoms with Gasteiger partial charge in [0.05, 0.1) is 36.9 Å². The Morgan fingerprint density at radius 1 is 1.25 bits per heavy atom. The predicted octanol–water partition coefficient (Wildman–Crippen LogP) is 2.15. The van der Waals surface area contributed by atoms with E-state index in [4.69, 9.17) is 14.7 Å². The van der Waals surface area contributed by atoms with Crippen molar-refractivity contribution in [2.75, 3.05) is 38.3 Å². The first-order valence-electron chi connectivity index (χ1n) is 10.1. The maximum atomic E-state index is 13.0. The molecule has 1 aromatic heterocycles. The summed E-state index contributed by atoms with van der Waals surface area (Å²) in [6.45, 7) is 4.27. The minimum absolute atomic E-state index is 0.0190. The number of nitrogens with zero attached hydrogens (tertiary/aromatic N) is 4. The van der Waals surface area contributed by atoms with Crippen molar-refractivity contribution in [1.82, 2.24) is 14.9 Å². The number of aryl methyl sites for hydroxylation is 1. The van der Waals surface area contributed by atoms with Gasteiger partial charge in [0.1, 0.15) is 5.75 Å². The van der Waals surface area contributed by atoms with Gasteiger partial charge >= 0.3 is 0 Å². The van der Waals surface area contributed by atoms with E-state index in [9.17, 15) is 9.90 Å². The predicted molar refractivity (Wildman–Crippen MR) is 108 cm³/mol. The van der Waals surface area contributed by atoms with Crippen molar-refractivity contribution in [2.24, 2.45) is 5.92 Å². The van der Waals surface area contributed by atoms with Crippen LogP contribution in [0.5, 0.6) is 5.75 Å². The Morgan fingerprint density at radius 3 is 2.86 bits per heavy atom. The number of carbonyl (C=O) groups excluding carboxylic acids is 1. The van der Waals surface area contributed by atoms with Crippen molar-refractivity contribution in [2.45, 2.75) is 38.6 Å². The summed E-state index contributed by atoms with van der Waals surface area (Å²) in [4.78, 5) is 26.5. The van der Waals surface area contributed by atoms with Crippen LogP contribution in [0.1, 0.15) is 31.4 Å². The van der Waals surface area contributed by atoms with E-state index < -0.39 is 0 Å². The summed E-state index contributed by atoms with van der Waals surface area (Å²) in [5.74, 6) is 1.55. The van der Waals surface area contributed by atoms with E-state index in [0.29, 0.717) is 12.5 Å². The number of aliphatic hydroxyl groups excluding tert-OH is 1. The summed E-state index contributed by atoms with van der Waals surface area (Å²) >= 11 is 0. The monoisotopic (exact) mass is 384 g/mol. The van der Waals surface area contributed by atoms with Crippen LogP contribution in [0, 0.1) is 12.8 Å². The third-order valence-electron chi connectivity index (χ3n) is 6.01. The normalized spacial score (nSPS) is 22.7. The lowest BCUT2D eigenvalue weighted by molar-refractivity contribution is -0.137. The highest BCUT2D eigenvalue weighted by Gasteiger charge is 2.35. The average Bonchev–Trinajstić information content (AvgIpc) is 3.21. The zero-order valence-electron chi connectivity index (χ0n) is 16.6. The summed E-state index contributed by atoms with van der Waals surface area (Å²) < 4.78 is 5.33. The van der Waals surface area contributed by atoms with Gasteiger partial charge in [-0.05, 0) is 44.7 Å². The van der Waals surface area contributed by atoms with Gasteiger partial charge in [-0.15, -0.1) is 0 Å². The number of amides is 1. The highest BCUT2D eigenvalue weighted by molar-refractivity contribution is 5.83. The second-order valence-corrected chi connectivity index (χ2v) is 7.79. The molecule has 2 atom stereocenters. The Bertz CT molecular complexity index is 872. The molecule has 28 heavy (non-hydrogen) atoms. The van der Waals surface area contributed by atoms with Crippen LogP contribution in [0.3, 0.4) is 0 Å². The molecule has 1 N–H and O–H groups in total. The number of likely N-dealkylation sites (tertiary alicyclic amines) is 1. The second kappa shape index (κ2) is 7.91. The van der Waals surface area contributed by atoms with Gasteiger partial charge in [0.15, 0.2) is 0 Å². The molecule has 2 aliphatic heterocycles. The first-order chi connectivity index (χ1) is 13.6. The summed E-state index contributed by atoms with van der Waals surface area (Å²) in [6.07, 6.45) is 3.69. The number of hydrogen-bond donors (Lipinski definition) is 1. The van der Waals surface area contributed by atoms with E-state index >= 15 is 0 Å². The molecule has 4 rings (SSSR count). The maximum Gasteiger partial charge on any atom is 0.227 e. The lowest BCUT2D eigenvalue weighted by atomic mass is 9.96. The van der Waals surface area contributed by atoms with Crippen molar-refractivity contribution >= 4 is 22.8 Å². The van der Waals surface area contributed by atoms with Gasteiger partial charge in [-0.3, -0.25) is 4.79 Å². The van der Waals surface area contributed by atoms with E-state index in [2.05, 4.69) is 4.90 Å². The van der Waals surface area contributed by atoms with Gasteiger partial charge in [0.25, 0.3) is 0 Å². The molecule has 0 saturated carbocycles. The van der Waals surface area contributed by atoms with E-state index in [0.717, 1.165) is 61.1 Å². The van der Waals surface area contributed by atoms with Crippen molar-refractivity contribution in [1.29, 1.82) is 0 Å². The Labute approximate surface area is 165 Å². The fourth-order valence-electron chi connectivity index (χ4n) is 4.43. The second-order valence-electron chi connectivity index (χ2n) is 7.79. The molecule has 0 radical (unpaired) electrons. The van der Waals surface area contributed by atoms with E-state index in [1.54, 1.807) is 7.11 Å². The number of carbonyl (C=O) groups is 1. The highest BCUT2D eigenvalue weighted by atomic mass is 16.5. The number of piperidine rings is 1. The standard InChI is InChI=1S/C21H28N4O3/c1-14-18-8-7-17(28-2)11-19(18)23-21(22-14)24-9-3-5-15(12-24)20(27)25-10-4-6-16(25)13-26/h7-8,11,15-16,26H,3-6,9-10,12-13H2,1-2H3/t15?,16-/m0/s1. The van der Waals surface area contributed by atoms with Crippen molar-refractivity contribution in [3.8, 4) is 5.75 Å². The summed E-state index contributed by atoms with van der Waals surface area (Å²) in [7, 11) is 1.65. The topological polar surface area (TPSA) is 78.8 Å². The number of ether oxygens (including phenoxy) is 1. The van der Waals surface area contributed by atoms with Gasteiger partial charge in [0, 0.05) is 31.1 Å². The summed E-state index contributed by atoms with van der Waals surface area (Å²) in [5.41, 5.74) is 1.78.